The molecule has 0 unspecified atom stereocenters. The molecule has 1 aliphatic rings. The van der Waals surface area contributed by atoms with Crippen LogP contribution in [0.1, 0.15) is 28.8 Å². The summed E-state index contributed by atoms with van der Waals surface area (Å²) in [7, 11) is -3.63. The van der Waals surface area contributed by atoms with Crippen molar-refractivity contribution < 1.29 is 13.2 Å². The first kappa shape index (κ1) is 17.6. The maximum absolute atomic E-state index is 12.5. The predicted octanol–water partition coefficient (Wildman–Crippen LogP) is 2.44. The van der Waals surface area contributed by atoms with Crippen LogP contribution in [0.15, 0.2) is 59.5 Å². The Hall–Kier alpha value is -2.18. The van der Waals surface area contributed by atoms with Gasteiger partial charge in [0.15, 0.2) is 0 Å². The zero-order chi connectivity index (χ0) is 17.7. The Morgan fingerprint density at radius 1 is 1.00 bits per heavy atom. The lowest BCUT2D eigenvalue weighted by Gasteiger charge is -2.15. The number of likely N-dealkylation sites (tertiary alicyclic amines) is 1. The monoisotopic (exact) mass is 358 g/mol. The zero-order valence-electron chi connectivity index (χ0n) is 14.0. The molecule has 6 heteroatoms. The van der Waals surface area contributed by atoms with Crippen LogP contribution < -0.4 is 4.72 Å². The standard InChI is InChI=1S/C19H22N2O3S/c22-19(21-13-4-5-14-21)17-9-6-10-18(15-17)25(23,24)20-12-11-16-7-2-1-3-8-16/h1-3,6-10,15,20H,4-5,11-14H2. The lowest BCUT2D eigenvalue weighted by molar-refractivity contribution is 0.0792. The molecule has 2 aromatic rings. The predicted molar refractivity (Wildman–Crippen MR) is 96.9 cm³/mol. The minimum absolute atomic E-state index is 0.0983. The summed E-state index contributed by atoms with van der Waals surface area (Å²) < 4.78 is 27.6. The summed E-state index contributed by atoms with van der Waals surface area (Å²) in [4.78, 5) is 14.3. The van der Waals surface area contributed by atoms with Gasteiger partial charge in [0.2, 0.25) is 10.0 Å². The third kappa shape index (κ3) is 4.46. The average Bonchev–Trinajstić information content (AvgIpc) is 3.17. The third-order valence-corrected chi connectivity index (χ3v) is 5.79. The molecule has 0 atom stereocenters. The van der Waals surface area contributed by atoms with E-state index in [-0.39, 0.29) is 10.8 Å². The molecule has 1 N–H and O–H groups in total. The van der Waals surface area contributed by atoms with Gasteiger partial charge in [0.05, 0.1) is 4.90 Å². The number of sulfonamides is 1. The number of rotatable bonds is 6. The summed E-state index contributed by atoms with van der Waals surface area (Å²) in [6.07, 6.45) is 2.63. The number of nitrogens with zero attached hydrogens (tertiary/aromatic N) is 1. The van der Waals surface area contributed by atoms with Gasteiger partial charge in [-0.3, -0.25) is 4.79 Å². The lowest BCUT2D eigenvalue weighted by atomic mass is 10.2. The van der Waals surface area contributed by atoms with Gasteiger partial charge in [0.25, 0.3) is 5.91 Å². The van der Waals surface area contributed by atoms with Crippen molar-refractivity contribution in [1.82, 2.24) is 9.62 Å². The van der Waals surface area contributed by atoms with E-state index in [4.69, 9.17) is 0 Å². The van der Waals surface area contributed by atoms with Crippen LogP contribution in [0.2, 0.25) is 0 Å². The molecule has 1 heterocycles. The van der Waals surface area contributed by atoms with E-state index in [1.807, 2.05) is 30.3 Å². The molecule has 0 bridgehead atoms. The highest BCUT2D eigenvalue weighted by molar-refractivity contribution is 7.89. The van der Waals surface area contributed by atoms with Gasteiger partial charge in [-0.25, -0.2) is 13.1 Å². The Labute approximate surface area is 148 Å². The van der Waals surface area contributed by atoms with Crippen molar-refractivity contribution >= 4 is 15.9 Å². The van der Waals surface area contributed by atoms with E-state index in [2.05, 4.69) is 4.72 Å². The van der Waals surface area contributed by atoms with Gasteiger partial charge in [-0.1, -0.05) is 36.4 Å². The molecule has 5 nitrogen and oxygen atoms in total. The number of benzene rings is 2. The number of amides is 1. The van der Waals surface area contributed by atoms with Crippen molar-refractivity contribution in [2.75, 3.05) is 19.6 Å². The molecule has 1 aliphatic heterocycles. The van der Waals surface area contributed by atoms with Crippen molar-refractivity contribution in [3.05, 3.63) is 65.7 Å². The molecule has 0 aromatic heterocycles. The lowest BCUT2D eigenvalue weighted by Crippen LogP contribution is -2.29. The second kappa shape index (κ2) is 7.80. The van der Waals surface area contributed by atoms with Crippen molar-refractivity contribution in [1.29, 1.82) is 0 Å². The molecule has 0 saturated carbocycles. The molecular weight excluding hydrogens is 336 g/mol. The van der Waals surface area contributed by atoms with E-state index in [1.54, 1.807) is 17.0 Å². The van der Waals surface area contributed by atoms with Gasteiger partial charge in [0.1, 0.15) is 0 Å². The van der Waals surface area contributed by atoms with Gasteiger partial charge in [0, 0.05) is 25.2 Å². The van der Waals surface area contributed by atoms with E-state index >= 15 is 0 Å². The Kier molecular flexibility index (Phi) is 5.50. The number of nitrogens with one attached hydrogen (secondary N) is 1. The minimum Gasteiger partial charge on any atom is -0.339 e. The fourth-order valence-electron chi connectivity index (χ4n) is 2.96. The van der Waals surface area contributed by atoms with E-state index in [9.17, 15) is 13.2 Å². The average molecular weight is 358 g/mol. The molecule has 0 radical (unpaired) electrons. The fraction of sp³-hybridized carbons (Fsp3) is 0.316. The van der Waals surface area contributed by atoms with E-state index in [0.29, 0.717) is 18.5 Å². The number of carbonyl (C=O) groups excluding carboxylic acids is 1. The molecule has 25 heavy (non-hydrogen) atoms. The van der Waals surface area contributed by atoms with Crippen molar-refractivity contribution in [2.24, 2.45) is 0 Å². The molecule has 1 saturated heterocycles. The molecular formula is C19H22N2O3S. The maximum Gasteiger partial charge on any atom is 0.253 e. The Morgan fingerprint density at radius 3 is 2.44 bits per heavy atom. The molecule has 2 aromatic carbocycles. The van der Waals surface area contributed by atoms with Gasteiger partial charge in [-0.05, 0) is 43.0 Å². The summed E-state index contributed by atoms with van der Waals surface area (Å²) in [5.74, 6) is -0.0983. The van der Waals surface area contributed by atoms with Crippen LogP contribution >= 0.6 is 0 Å². The first-order chi connectivity index (χ1) is 12.1. The van der Waals surface area contributed by atoms with Crippen LogP contribution in [0.5, 0.6) is 0 Å². The van der Waals surface area contributed by atoms with Crippen LogP contribution in [0.25, 0.3) is 0 Å². The summed E-state index contributed by atoms with van der Waals surface area (Å²) in [6.45, 7) is 1.80. The summed E-state index contributed by atoms with van der Waals surface area (Å²) in [6, 6.07) is 16.0. The highest BCUT2D eigenvalue weighted by Gasteiger charge is 2.21. The summed E-state index contributed by atoms with van der Waals surface area (Å²) >= 11 is 0. The van der Waals surface area contributed by atoms with Crippen LogP contribution in [0.4, 0.5) is 0 Å². The second-order valence-electron chi connectivity index (χ2n) is 6.16. The first-order valence-corrected chi connectivity index (χ1v) is 9.97. The Morgan fingerprint density at radius 2 is 1.72 bits per heavy atom. The quantitative estimate of drug-likeness (QED) is 0.862. The van der Waals surface area contributed by atoms with E-state index in [1.165, 1.54) is 12.1 Å². The normalized spacial score (nSPS) is 14.6. The highest BCUT2D eigenvalue weighted by atomic mass is 32.2. The second-order valence-corrected chi connectivity index (χ2v) is 7.93. The van der Waals surface area contributed by atoms with Gasteiger partial charge in [-0.2, -0.15) is 0 Å². The van der Waals surface area contributed by atoms with Crippen molar-refractivity contribution in [3.63, 3.8) is 0 Å². The molecule has 3 rings (SSSR count). The van der Waals surface area contributed by atoms with Crippen LogP contribution in [0.3, 0.4) is 0 Å². The minimum atomic E-state index is -3.63. The zero-order valence-corrected chi connectivity index (χ0v) is 14.8. The molecule has 132 valence electrons. The van der Waals surface area contributed by atoms with Gasteiger partial charge in [-0.15, -0.1) is 0 Å². The summed E-state index contributed by atoms with van der Waals surface area (Å²) in [5, 5.41) is 0. The fourth-order valence-corrected chi connectivity index (χ4v) is 4.03. The first-order valence-electron chi connectivity index (χ1n) is 8.49. The molecule has 0 spiro atoms. The molecule has 1 fully saturated rings. The third-order valence-electron chi connectivity index (χ3n) is 4.33. The van der Waals surface area contributed by atoms with E-state index in [0.717, 1.165) is 31.5 Å². The Bertz CT molecular complexity index is 829. The van der Waals surface area contributed by atoms with Crippen LogP contribution in [-0.4, -0.2) is 38.9 Å². The van der Waals surface area contributed by atoms with E-state index < -0.39 is 10.0 Å². The van der Waals surface area contributed by atoms with Crippen molar-refractivity contribution in [2.45, 2.75) is 24.2 Å². The smallest absolute Gasteiger partial charge is 0.253 e. The Balaban J connectivity index is 1.67. The molecule has 1 amide bonds. The van der Waals surface area contributed by atoms with Crippen molar-refractivity contribution in [3.8, 4) is 0 Å². The summed E-state index contributed by atoms with van der Waals surface area (Å²) in [5.41, 5.74) is 1.50. The highest BCUT2D eigenvalue weighted by Crippen LogP contribution is 2.16. The van der Waals surface area contributed by atoms with Crippen LogP contribution in [-0.2, 0) is 16.4 Å². The molecule has 0 aliphatic carbocycles. The number of hydrogen-bond acceptors (Lipinski definition) is 3. The SMILES string of the molecule is O=C(c1cccc(S(=O)(=O)NCCc2ccccc2)c1)N1CCCC1. The number of hydrogen-bond donors (Lipinski definition) is 1. The van der Waals surface area contributed by atoms with Gasteiger partial charge < -0.3 is 4.90 Å². The largest absolute Gasteiger partial charge is 0.339 e. The maximum atomic E-state index is 12.5. The van der Waals surface area contributed by atoms with Crippen LogP contribution in [0, 0.1) is 0 Å². The number of carbonyl (C=O) groups is 1. The van der Waals surface area contributed by atoms with Gasteiger partial charge >= 0.3 is 0 Å². The topological polar surface area (TPSA) is 66.5 Å².